The minimum atomic E-state index is -0.171. The quantitative estimate of drug-likeness (QED) is 0.494. The summed E-state index contributed by atoms with van der Waals surface area (Å²) in [4.78, 5) is 20.3. The van der Waals surface area contributed by atoms with Gasteiger partial charge in [-0.3, -0.25) is 9.36 Å². The molecule has 152 valence electrons. The Morgan fingerprint density at radius 2 is 2.00 bits per heavy atom. The molecule has 1 saturated heterocycles. The molecule has 5 rings (SSSR count). The third-order valence-electron chi connectivity index (χ3n) is 5.20. The van der Waals surface area contributed by atoms with E-state index in [1.807, 2.05) is 22.8 Å². The maximum atomic E-state index is 13.4. The third-order valence-corrected chi connectivity index (χ3v) is 5.75. The van der Waals surface area contributed by atoms with E-state index in [2.05, 4.69) is 35.9 Å². The van der Waals surface area contributed by atoms with Crippen molar-refractivity contribution >= 4 is 39.7 Å². The summed E-state index contributed by atoms with van der Waals surface area (Å²) in [5.41, 5.74) is 3.61. The molecule has 1 aromatic carbocycles. The largest absolute Gasteiger partial charge is 0.340 e. The number of nitrogens with zero attached hydrogens (tertiary/aromatic N) is 7. The molecule has 1 aliphatic rings. The number of rotatable bonds is 4. The monoisotopic (exact) mass is 420 g/mol. The Morgan fingerprint density at radius 1 is 1.17 bits per heavy atom. The van der Waals surface area contributed by atoms with Crippen molar-refractivity contribution in [1.29, 1.82) is 0 Å². The van der Waals surface area contributed by atoms with Crippen molar-refractivity contribution in [3.8, 4) is 11.8 Å². The maximum Gasteiger partial charge on any atom is 0.293 e. The molecule has 0 spiro atoms. The van der Waals surface area contributed by atoms with Crippen LogP contribution in [-0.2, 0) is 13.1 Å². The van der Waals surface area contributed by atoms with Crippen molar-refractivity contribution in [1.82, 2.24) is 33.4 Å². The zero-order valence-corrected chi connectivity index (χ0v) is 17.3. The van der Waals surface area contributed by atoms with Crippen LogP contribution in [0, 0.1) is 11.8 Å². The first-order valence-electron chi connectivity index (χ1n) is 9.77. The Hall–Kier alpha value is -3.29. The van der Waals surface area contributed by atoms with Crippen LogP contribution in [0.3, 0.4) is 0 Å². The molecule has 9 nitrogen and oxygen atoms in total. The fourth-order valence-electron chi connectivity index (χ4n) is 3.70. The maximum absolute atomic E-state index is 13.4. The number of benzene rings is 1. The molecule has 0 saturated carbocycles. The van der Waals surface area contributed by atoms with Crippen molar-refractivity contribution in [2.45, 2.75) is 20.0 Å². The average molecular weight is 421 g/mol. The summed E-state index contributed by atoms with van der Waals surface area (Å²) in [6.07, 6.45) is 1.67. The fraction of sp³-hybridized carbons (Fsp3) is 0.350. The van der Waals surface area contributed by atoms with Crippen molar-refractivity contribution < 1.29 is 0 Å². The summed E-state index contributed by atoms with van der Waals surface area (Å²) in [6, 6.07) is 5.82. The van der Waals surface area contributed by atoms with E-state index in [4.69, 9.17) is 4.98 Å². The average Bonchev–Trinajstić information content (AvgIpc) is 3.39. The van der Waals surface area contributed by atoms with Gasteiger partial charge in [-0.2, -0.15) is 13.8 Å². The predicted octanol–water partition coefficient (Wildman–Crippen LogP) is 1.08. The highest BCUT2D eigenvalue weighted by molar-refractivity contribution is 7.00. The fourth-order valence-corrected chi connectivity index (χ4v) is 4.22. The predicted molar refractivity (Wildman–Crippen MR) is 117 cm³/mol. The summed E-state index contributed by atoms with van der Waals surface area (Å²) in [7, 11) is 0. The van der Waals surface area contributed by atoms with Gasteiger partial charge in [0.25, 0.3) is 5.56 Å². The van der Waals surface area contributed by atoms with Gasteiger partial charge in [-0.15, -0.1) is 5.92 Å². The second-order valence-corrected chi connectivity index (χ2v) is 7.62. The van der Waals surface area contributed by atoms with Crippen LogP contribution < -0.4 is 15.8 Å². The van der Waals surface area contributed by atoms with Gasteiger partial charge in [0.1, 0.15) is 22.1 Å². The Labute approximate surface area is 176 Å². The van der Waals surface area contributed by atoms with Crippen molar-refractivity contribution in [3.05, 3.63) is 40.3 Å². The van der Waals surface area contributed by atoms with Gasteiger partial charge in [0, 0.05) is 26.2 Å². The molecule has 0 bridgehead atoms. The highest BCUT2D eigenvalue weighted by atomic mass is 32.1. The molecule has 1 fully saturated rings. The molecule has 4 aromatic rings. The minimum absolute atomic E-state index is 0.171. The van der Waals surface area contributed by atoms with Gasteiger partial charge >= 0.3 is 0 Å². The molecule has 0 unspecified atom stereocenters. The van der Waals surface area contributed by atoms with Gasteiger partial charge < -0.3 is 10.2 Å². The number of imidazole rings is 1. The molecule has 10 heteroatoms. The molecule has 0 radical (unpaired) electrons. The molecule has 4 heterocycles. The van der Waals surface area contributed by atoms with E-state index in [1.54, 1.807) is 13.1 Å². The second kappa shape index (κ2) is 7.85. The van der Waals surface area contributed by atoms with Crippen molar-refractivity contribution in [3.63, 3.8) is 0 Å². The van der Waals surface area contributed by atoms with Gasteiger partial charge in [0.15, 0.2) is 0 Å². The van der Waals surface area contributed by atoms with Crippen LogP contribution in [-0.4, -0.2) is 54.3 Å². The highest BCUT2D eigenvalue weighted by Gasteiger charge is 2.21. The standard InChI is InChI=1S/C20H20N8OS/c1-2-3-8-27-18-17(23-20(27)26-9-6-21-7-10-26)12-22-28(19(18)29)13-14-4-5-15-16(11-14)25-30-24-15/h4-5,11-12,21H,6-10,13H2,1H3. The van der Waals surface area contributed by atoms with Gasteiger partial charge in [-0.25, -0.2) is 9.67 Å². The summed E-state index contributed by atoms with van der Waals surface area (Å²) < 4.78 is 11.9. The first-order chi connectivity index (χ1) is 14.7. The molecular weight excluding hydrogens is 400 g/mol. The lowest BCUT2D eigenvalue weighted by atomic mass is 10.2. The lowest BCUT2D eigenvalue weighted by Gasteiger charge is -2.28. The summed E-state index contributed by atoms with van der Waals surface area (Å²) in [5, 5.41) is 7.72. The Balaban J connectivity index is 1.59. The van der Waals surface area contributed by atoms with E-state index in [0.29, 0.717) is 24.1 Å². The smallest absolute Gasteiger partial charge is 0.293 e. The van der Waals surface area contributed by atoms with Crippen LogP contribution in [0.5, 0.6) is 0 Å². The summed E-state index contributed by atoms with van der Waals surface area (Å²) >= 11 is 1.18. The Bertz CT molecular complexity index is 1340. The highest BCUT2D eigenvalue weighted by Crippen LogP contribution is 2.20. The third kappa shape index (κ3) is 3.32. The summed E-state index contributed by atoms with van der Waals surface area (Å²) in [5.74, 6) is 6.79. The van der Waals surface area contributed by atoms with Crippen LogP contribution in [0.1, 0.15) is 12.5 Å². The van der Waals surface area contributed by atoms with E-state index in [0.717, 1.165) is 48.7 Å². The molecule has 30 heavy (non-hydrogen) atoms. The van der Waals surface area contributed by atoms with E-state index in [9.17, 15) is 4.79 Å². The van der Waals surface area contributed by atoms with E-state index in [1.165, 1.54) is 16.4 Å². The van der Waals surface area contributed by atoms with Crippen LogP contribution in [0.25, 0.3) is 22.1 Å². The lowest BCUT2D eigenvalue weighted by molar-refractivity contribution is 0.572. The van der Waals surface area contributed by atoms with E-state index < -0.39 is 0 Å². The van der Waals surface area contributed by atoms with Crippen LogP contribution >= 0.6 is 11.7 Å². The van der Waals surface area contributed by atoms with Gasteiger partial charge in [-0.1, -0.05) is 12.0 Å². The number of fused-ring (bicyclic) bond motifs is 2. The topological polar surface area (TPSA) is 93.8 Å². The molecule has 0 amide bonds. The molecular formula is C20H20N8OS. The number of hydrogen-bond donors (Lipinski definition) is 1. The van der Waals surface area contributed by atoms with Crippen LogP contribution in [0.4, 0.5) is 5.95 Å². The van der Waals surface area contributed by atoms with Crippen molar-refractivity contribution in [2.24, 2.45) is 0 Å². The molecule has 1 N–H and O–H groups in total. The van der Waals surface area contributed by atoms with Crippen molar-refractivity contribution in [2.75, 3.05) is 31.1 Å². The first kappa shape index (κ1) is 18.7. The first-order valence-corrected chi connectivity index (χ1v) is 10.5. The number of anilines is 1. The Kier molecular flexibility index (Phi) is 4.90. The number of nitrogens with one attached hydrogen (secondary N) is 1. The molecule has 0 atom stereocenters. The normalized spacial score (nSPS) is 14.2. The zero-order chi connectivity index (χ0) is 20.5. The van der Waals surface area contributed by atoms with Gasteiger partial charge in [-0.05, 0) is 24.6 Å². The van der Waals surface area contributed by atoms with Crippen LogP contribution in [0.15, 0.2) is 29.2 Å². The van der Waals surface area contributed by atoms with E-state index in [-0.39, 0.29) is 5.56 Å². The van der Waals surface area contributed by atoms with Gasteiger partial charge in [0.2, 0.25) is 5.95 Å². The number of aromatic nitrogens is 6. The zero-order valence-electron chi connectivity index (χ0n) is 16.5. The SMILES string of the molecule is CC#CCn1c(N2CCNCC2)nc2cnn(Cc3ccc4nsnc4c3)c(=O)c21. The van der Waals surface area contributed by atoms with Gasteiger partial charge in [0.05, 0.1) is 31.0 Å². The minimum Gasteiger partial charge on any atom is -0.340 e. The van der Waals surface area contributed by atoms with Crippen LogP contribution in [0.2, 0.25) is 0 Å². The lowest BCUT2D eigenvalue weighted by Crippen LogP contribution is -2.44. The van der Waals surface area contributed by atoms with E-state index >= 15 is 0 Å². The molecule has 3 aromatic heterocycles. The molecule has 0 aliphatic carbocycles. The Morgan fingerprint density at radius 3 is 2.83 bits per heavy atom. The number of piperazine rings is 1. The second-order valence-electron chi connectivity index (χ2n) is 7.09. The summed E-state index contributed by atoms with van der Waals surface area (Å²) in [6.45, 7) is 6.03. The molecule has 1 aliphatic heterocycles. The number of hydrogen-bond acceptors (Lipinski definition) is 8.